The van der Waals surface area contributed by atoms with Crippen molar-refractivity contribution in [3.8, 4) is 0 Å². The summed E-state index contributed by atoms with van der Waals surface area (Å²) in [5.74, 6) is -1.26. The zero-order valence-corrected chi connectivity index (χ0v) is 14.5. The van der Waals surface area contributed by atoms with Crippen LogP contribution in [0.5, 0.6) is 0 Å². The van der Waals surface area contributed by atoms with Crippen molar-refractivity contribution in [2.75, 3.05) is 13.2 Å². The smallest absolute Gasteiger partial charge is 0.321 e. The van der Waals surface area contributed by atoms with Crippen molar-refractivity contribution < 1.29 is 22.7 Å². The molecule has 1 aromatic carbocycles. The van der Waals surface area contributed by atoms with Gasteiger partial charge in [-0.2, -0.15) is 4.72 Å². The number of ether oxygens (including phenoxy) is 1. The highest BCUT2D eigenvalue weighted by Crippen LogP contribution is 2.16. The largest absolute Gasteiger partial charge is 0.455 e. The van der Waals surface area contributed by atoms with E-state index in [0.29, 0.717) is 5.56 Å². The molecule has 8 heteroatoms. The number of carbonyl (C=O) groups is 2. The second-order valence-electron chi connectivity index (χ2n) is 5.48. The highest BCUT2D eigenvalue weighted by atomic mass is 32.2. The average molecular weight is 342 g/mol. The number of esters is 1. The molecule has 23 heavy (non-hydrogen) atoms. The molecule has 0 unspecified atom stereocenters. The van der Waals surface area contributed by atoms with Gasteiger partial charge in [-0.3, -0.25) is 9.59 Å². The Labute approximate surface area is 136 Å². The van der Waals surface area contributed by atoms with E-state index in [2.05, 4.69) is 10.0 Å². The Hall–Kier alpha value is -1.93. The molecular weight excluding hydrogens is 320 g/mol. The third kappa shape index (κ3) is 6.37. The molecule has 0 radical (unpaired) electrons. The van der Waals surface area contributed by atoms with Crippen molar-refractivity contribution in [3.05, 3.63) is 29.3 Å². The van der Waals surface area contributed by atoms with Gasteiger partial charge in [0.25, 0.3) is 5.91 Å². The molecule has 0 heterocycles. The van der Waals surface area contributed by atoms with Gasteiger partial charge in [-0.15, -0.1) is 0 Å². The lowest BCUT2D eigenvalue weighted by Gasteiger charge is -2.11. The van der Waals surface area contributed by atoms with Gasteiger partial charge in [-0.1, -0.05) is 12.1 Å². The third-order valence-electron chi connectivity index (χ3n) is 2.85. The Bertz CT molecular complexity index is 683. The minimum absolute atomic E-state index is 0.0657. The van der Waals surface area contributed by atoms with Crippen LogP contribution in [0, 0.1) is 13.8 Å². The molecule has 1 amide bonds. The van der Waals surface area contributed by atoms with Crippen molar-refractivity contribution in [1.29, 1.82) is 0 Å². The summed E-state index contributed by atoms with van der Waals surface area (Å²) in [7, 11) is -3.82. The van der Waals surface area contributed by atoms with E-state index in [9.17, 15) is 18.0 Å². The molecule has 0 bridgehead atoms. The maximum atomic E-state index is 12.2. The Kier molecular flexibility index (Phi) is 6.71. The lowest BCUT2D eigenvalue weighted by molar-refractivity contribution is -0.147. The van der Waals surface area contributed by atoms with Crippen LogP contribution in [0.25, 0.3) is 0 Å². The van der Waals surface area contributed by atoms with Crippen LogP contribution in [0.1, 0.15) is 25.0 Å². The lowest BCUT2D eigenvalue weighted by Crippen LogP contribution is -2.36. The number of hydrogen-bond acceptors (Lipinski definition) is 5. The summed E-state index contributed by atoms with van der Waals surface area (Å²) in [6.45, 7) is 6.02. The predicted molar refractivity (Wildman–Crippen MR) is 85.3 cm³/mol. The molecule has 0 saturated carbocycles. The van der Waals surface area contributed by atoms with E-state index in [1.165, 1.54) is 6.07 Å². The van der Waals surface area contributed by atoms with Crippen LogP contribution in [0.4, 0.5) is 0 Å². The van der Waals surface area contributed by atoms with Crippen LogP contribution in [0.3, 0.4) is 0 Å². The van der Waals surface area contributed by atoms with E-state index in [1.54, 1.807) is 39.8 Å². The summed E-state index contributed by atoms with van der Waals surface area (Å²) in [6, 6.07) is 4.96. The SMILES string of the molecule is Cc1ccc(C)c(S(=O)(=O)NCC(=O)OCC(=O)NC(C)C)c1. The molecule has 0 saturated heterocycles. The standard InChI is InChI=1S/C15H22N2O5S/c1-10(2)17-14(18)9-22-15(19)8-16-23(20,21)13-7-11(3)5-6-12(13)4/h5-7,10,16H,8-9H2,1-4H3,(H,17,18). The fraction of sp³-hybridized carbons (Fsp3) is 0.467. The van der Waals surface area contributed by atoms with Crippen LogP contribution in [0.15, 0.2) is 23.1 Å². The Morgan fingerprint density at radius 3 is 2.48 bits per heavy atom. The second kappa shape index (κ2) is 8.07. The number of rotatable bonds is 7. The van der Waals surface area contributed by atoms with E-state index in [0.717, 1.165) is 5.56 Å². The fourth-order valence-electron chi connectivity index (χ4n) is 1.79. The summed E-state index contributed by atoms with van der Waals surface area (Å²) in [5.41, 5.74) is 1.37. The number of benzene rings is 1. The molecule has 0 fully saturated rings. The molecular formula is C15H22N2O5S. The van der Waals surface area contributed by atoms with Gasteiger partial charge in [0.2, 0.25) is 10.0 Å². The van der Waals surface area contributed by atoms with Gasteiger partial charge >= 0.3 is 5.97 Å². The number of nitrogens with one attached hydrogen (secondary N) is 2. The maximum absolute atomic E-state index is 12.2. The number of sulfonamides is 1. The normalized spacial score (nSPS) is 11.3. The third-order valence-corrected chi connectivity index (χ3v) is 4.40. The van der Waals surface area contributed by atoms with Gasteiger partial charge in [0, 0.05) is 6.04 Å². The summed E-state index contributed by atoms with van der Waals surface area (Å²) in [6.07, 6.45) is 0. The quantitative estimate of drug-likeness (QED) is 0.709. The second-order valence-corrected chi connectivity index (χ2v) is 7.21. The maximum Gasteiger partial charge on any atom is 0.321 e. The van der Waals surface area contributed by atoms with Crippen molar-refractivity contribution in [3.63, 3.8) is 0 Å². The minimum atomic E-state index is -3.82. The van der Waals surface area contributed by atoms with Crippen molar-refractivity contribution >= 4 is 21.9 Å². The van der Waals surface area contributed by atoms with E-state index in [4.69, 9.17) is 4.74 Å². The molecule has 0 aliphatic rings. The summed E-state index contributed by atoms with van der Waals surface area (Å²) >= 11 is 0. The van der Waals surface area contributed by atoms with E-state index in [1.807, 2.05) is 0 Å². The topological polar surface area (TPSA) is 102 Å². The summed E-state index contributed by atoms with van der Waals surface area (Å²) in [4.78, 5) is 23.0. The summed E-state index contributed by atoms with van der Waals surface area (Å²) in [5, 5.41) is 2.56. The van der Waals surface area contributed by atoms with Crippen molar-refractivity contribution in [2.45, 2.75) is 38.6 Å². The molecule has 0 spiro atoms. The van der Waals surface area contributed by atoms with Crippen LogP contribution in [-0.4, -0.2) is 39.5 Å². The first-order valence-electron chi connectivity index (χ1n) is 7.13. The zero-order chi connectivity index (χ0) is 17.6. The molecule has 0 atom stereocenters. The minimum Gasteiger partial charge on any atom is -0.455 e. The molecule has 0 aromatic heterocycles. The van der Waals surface area contributed by atoms with E-state index < -0.39 is 35.1 Å². The fourth-order valence-corrected chi connectivity index (χ4v) is 3.09. The molecule has 1 rings (SSSR count). The number of aryl methyl sites for hydroxylation is 2. The Morgan fingerprint density at radius 2 is 1.87 bits per heavy atom. The first-order chi connectivity index (χ1) is 10.6. The van der Waals surface area contributed by atoms with Crippen molar-refractivity contribution in [1.82, 2.24) is 10.0 Å². The monoisotopic (exact) mass is 342 g/mol. The predicted octanol–water partition coefficient (Wildman–Crippen LogP) is 0.650. The van der Waals surface area contributed by atoms with E-state index >= 15 is 0 Å². The van der Waals surface area contributed by atoms with Gasteiger partial charge < -0.3 is 10.1 Å². The van der Waals surface area contributed by atoms with Gasteiger partial charge in [-0.25, -0.2) is 8.42 Å². The molecule has 0 aliphatic carbocycles. The molecule has 7 nitrogen and oxygen atoms in total. The molecule has 0 aliphatic heterocycles. The Balaban J connectivity index is 2.58. The van der Waals surface area contributed by atoms with Crippen LogP contribution in [0.2, 0.25) is 0 Å². The first-order valence-corrected chi connectivity index (χ1v) is 8.62. The van der Waals surface area contributed by atoms with Gasteiger partial charge in [0.15, 0.2) is 6.61 Å². The summed E-state index contributed by atoms with van der Waals surface area (Å²) < 4.78 is 31.3. The van der Waals surface area contributed by atoms with Gasteiger partial charge in [0.1, 0.15) is 6.54 Å². The Morgan fingerprint density at radius 1 is 1.22 bits per heavy atom. The van der Waals surface area contributed by atoms with Crippen LogP contribution >= 0.6 is 0 Å². The number of hydrogen-bond donors (Lipinski definition) is 2. The number of carbonyl (C=O) groups excluding carboxylic acids is 2. The van der Waals surface area contributed by atoms with Gasteiger partial charge in [-0.05, 0) is 44.9 Å². The average Bonchev–Trinajstić information content (AvgIpc) is 2.44. The highest BCUT2D eigenvalue weighted by molar-refractivity contribution is 7.89. The molecule has 2 N–H and O–H groups in total. The van der Waals surface area contributed by atoms with E-state index in [-0.39, 0.29) is 10.9 Å². The zero-order valence-electron chi connectivity index (χ0n) is 13.7. The van der Waals surface area contributed by atoms with Crippen LogP contribution in [-0.2, 0) is 24.3 Å². The first kappa shape index (κ1) is 19.1. The number of amides is 1. The lowest BCUT2D eigenvalue weighted by atomic mass is 10.2. The highest BCUT2D eigenvalue weighted by Gasteiger charge is 2.19. The van der Waals surface area contributed by atoms with Crippen LogP contribution < -0.4 is 10.0 Å². The van der Waals surface area contributed by atoms with Crippen molar-refractivity contribution in [2.24, 2.45) is 0 Å². The molecule has 128 valence electrons. The molecule has 1 aromatic rings. The van der Waals surface area contributed by atoms with Gasteiger partial charge in [0.05, 0.1) is 4.90 Å².